The normalized spacial score (nSPS) is 11.8. The van der Waals surface area contributed by atoms with Gasteiger partial charge in [0.25, 0.3) is 0 Å². The standard InChI is InChI=1S/C17H14ClFN4O3/c18-12-9-11(4-5-13(12)19)22-17(25)16(24)20-10-14(15-3-1-8-26-15)23-7-2-6-21-23/h1-9,14H,10H2,(H,20,24)(H,22,25). The molecule has 1 aromatic carbocycles. The molecule has 0 aliphatic heterocycles. The fourth-order valence-electron chi connectivity index (χ4n) is 2.30. The SMILES string of the molecule is O=C(NCC(c1ccco1)n1cccn1)C(=O)Nc1ccc(F)c(Cl)c1. The van der Waals surface area contributed by atoms with Crippen molar-refractivity contribution in [3.05, 3.63) is 71.7 Å². The van der Waals surface area contributed by atoms with Crippen LogP contribution < -0.4 is 10.6 Å². The van der Waals surface area contributed by atoms with Gasteiger partial charge in [-0.3, -0.25) is 14.3 Å². The highest BCUT2D eigenvalue weighted by Gasteiger charge is 2.21. The summed E-state index contributed by atoms with van der Waals surface area (Å²) < 4.78 is 20.1. The van der Waals surface area contributed by atoms with E-state index in [4.69, 9.17) is 16.0 Å². The molecule has 134 valence electrons. The second-order valence-corrected chi connectivity index (χ2v) is 5.72. The summed E-state index contributed by atoms with van der Waals surface area (Å²) in [5.41, 5.74) is 0.214. The first-order chi connectivity index (χ1) is 12.5. The van der Waals surface area contributed by atoms with E-state index in [0.717, 1.165) is 6.07 Å². The zero-order chi connectivity index (χ0) is 18.5. The highest BCUT2D eigenvalue weighted by molar-refractivity contribution is 6.39. The molecule has 0 spiro atoms. The fraction of sp³-hybridized carbons (Fsp3) is 0.118. The van der Waals surface area contributed by atoms with Crippen LogP contribution in [-0.4, -0.2) is 28.1 Å². The maximum absolute atomic E-state index is 13.1. The largest absolute Gasteiger partial charge is 0.467 e. The van der Waals surface area contributed by atoms with Crippen molar-refractivity contribution >= 4 is 29.1 Å². The molecular weight excluding hydrogens is 363 g/mol. The van der Waals surface area contributed by atoms with Crippen LogP contribution in [0.2, 0.25) is 5.02 Å². The number of nitrogens with zero attached hydrogens (tertiary/aromatic N) is 2. The molecule has 2 amide bonds. The third kappa shape index (κ3) is 4.09. The number of benzene rings is 1. The zero-order valence-electron chi connectivity index (χ0n) is 13.4. The molecule has 0 saturated carbocycles. The number of hydrogen-bond acceptors (Lipinski definition) is 4. The van der Waals surface area contributed by atoms with Crippen LogP contribution in [-0.2, 0) is 9.59 Å². The number of hydrogen-bond donors (Lipinski definition) is 2. The predicted octanol–water partition coefficient (Wildman–Crippen LogP) is 2.61. The number of aromatic nitrogens is 2. The molecule has 0 bridgehead atoms. The molecule has 2 heterocycles. The van der Waals surface area contributed by atoms with Crippen molar-refractivity contribution in [3.63, 3.8) is 0 Å². The molecule has 2 aromatic heterocycles. The van der Waals surface area contributed by atoms with Crippen LogP contribution in [0.15, 0.2) is 59.5 Å². The third-order valence-corrected chi connectivity index (χ3v) is 3.85. The zero-order valence-corrected chi connectivity index (χ0v) is 14.1. The lowest BCUT2D eigenvalue weighted by Gasteiger charge is -2.16. The third-order valence-electron chi connectivity index (χ3n) is 3.56. The summed E-state index contributed by atoms with van der Waals surface area (Å²) in [7, 11) is 0. The molecule has 26 heavy (non-hydrogen) atoms. The fourth-order valence-corrected chi connectivity index (χ4v) is 2.48. The summed E-state index contributed by atoms with van der Waals surface area (Å²) in [6.45, 7) is 0.0889. The first-order valence-corrected chi connectivity index (χ1v) is 7.99. The van der Waals surface area contributed by atoms with Gasteiger partial charge in [0.2, 0.25) is 0 Å². The van der Waals surface area contributed by atoms with Gasteiger partial charge >= 0.3 is 11.8 Å². The van der Waals surface area contributed by atoms with Gasteiger partial charge in [-0.15, -0.1) is 0 Å². The highest BCUT2D eigenvalue weighted by Crippen LogP contribution is 2.19. The average molecular weight is 377 g/mol. The lowest BCUT2D eigenvalue weighted by molar-refractivity contribution is -0.136. The number of amides is 2. The average Bonchev–Trinajstić information content (AvgIpc) is 3.32. The first kappa shape index (κ1) is 17.7. The Morgan fingerprint density at radius 2 is 2.12 bits per heavy atom. The molecule has 0 saturated heterocycles. The van der Waals surface area contributed by atoms with Crippen molar-refractivity contribution in [1.29, 1.82) is 0 Å². The van der Waals surface area contributed by atoms with Crippen LogP contribution in [0.1, 0.15) is 11.8 Å². The molecule has 1 unspecified atom stereocenters. The van der Waals surface area contributed by atoms with E-state index in [9.17, 15) is 14.0 Å². The first-order valence-electron chi connectivity index (χ1n) is 7.61. The Balaban J connectivity index is 1.63. The highest BCUT2D eigenvalue weighted by atomic mass is 35.5. The molecule has 3 rings (SSSR count). The molecule has 0 fully saturated rings. The van der Waals surface area contributed by atoms with E-state index in [1.807, 2.05) is 0 Å². The summed E-state index contributed by atoms with van der Waals surface area (Å²) >= 11 is 5.65. The van der Waals surface area contributed by atoms with Crippen LogP contribution in [0.25, 0.3) is 0 Å². The van der Waals surface area contributed by atoms with E-state index < -0.39 is 23.7 Å². The Hall–Kier alpha value is -3.13. The van der Waals surface area contributed by atoms with Crippen molar-refractivity contribution in [2.75, 3.05) is 11.9 Å². The molecule has 0 aliphatic rings. The van der Waals surface area contributed by atoms with Gasteiger partial charge < -0.3 is 15.1 Å². The molecule has 3 aromatic rings. The predicted molar refractivity (Wildman–Crippen MR) is 92.1 cm³/mol. The van der Waals surface area contributed by atoms with Crippen molar-refractivity contribution in [3.8, 4) is 0 Å². The number of furan rings is 1. The smallest absolute Gasteiger partial charge is 0.313 e. The summed E-state index contributed by atoms with van der Waals surface area (Å²) in [4.78, 5) is 24.0. The van der Waals surface area contributed by atoms with Crippen LogP contribution >= 0.6 is 11.6 Å². The van der Waals surface area contributed by atoms with E-state index in [1.54, 1.807) is 35.3 Å². The molecular formula is C17H14ClFN4O3. The lowest BCUT2D eigenvalue weighted by atomic mass is 10.2. The second-order valence-electron chi connectivity index (χ2n) is 5.31. The topological polar surface area (TPSA) is 89.2 Å². The van der Waals surface area contributed by atoms with Gasteiger partial charge in [0.15, 0.2) is 0 Å². The lowest BCUT2D eigenvalue weighted by Crippen LogP contribution is -2.38. The molecule has 2 N–H and O–H groups in total. The minimum atomic E-state index is -0.897. The molecule has 0 aliphatic carbocycles. The van der Waals surface area contributed by atoms with Crippen molar-refractivity contribution < 1.29 is 18.4 Å². The van der Waals surface area contributed by atoms with E-state index in [0.29, 0.717) is 5.76 Å². The molecule has 7 nitrogen and oxygen atoms in total. The molecule has 1 atom stereocenters. The van der Waals surface area contributed by atoms with Gasteiger partial charge in [0.05, 0.1) is 11.3 Å². The number of halogens is 2. The summed E-state index contributed by atoms with van der Waals surface area (Å²) in [6, 6.07) is 8.43. The number of carbonyl (C=O) groups is 2. The second kappa shape index (κ2) is 7.83. The minimum Gasteiger partial charge on any atom is -0.467 e. The summed E-state index contributed by atoms with van der Waals surface area (Å²) in [5.74, 6) is -1.78. The number of anilines is 1. The quantitative estimate of drug-likeness (QED) is 0.670. The number of carbonyl (C=O) groups excluding carboxylic acids is 2. The van der Waals surface area contributed by atoms with Crippen LogP contribution in [0.4, 0.5) is 10.1 Å². The molecule has 9 heteroatoms. The van der Waals surface area contributed by atoms with Gasteiger partial charge in [0, 0.05) is 24.6 Å². The van der Waals surface area contributed by atoms with Crippen molar-refractivity contribution in [2.45, 2.75) is 6.04 Å². The van der Waals surface area contributed by atoms with Crippen LogP contribution in [0.5, 0.6) is 0 Å². The van der Waals surface area contributed by atoms with Gasteiger partial charge in [-0.1, -0.05) is 11.6 Å². The summed E-state index contributed by atoms with van der Waals surface area (Å²) in [5, 5.41) is 8.86. The van der Waals surface area contributed by atoms with Gasteiger partial charge in [0.1, 0.15) is 17.6 Å². The maximum atomic E-state index is 13.1. The van der Waals surface area contributed by atoms with Gasteiger partial charge in [-0.2, -0.15) is 5.10 Å². The van der Waals surface area contributed by atoms with Crippen LogP contribution in [0.3, 0.4) is 0 Å². The van der Waals surface area contributed by atoms with Gasteiger partial charge in [-0.05, 0) is 36.4 Å². The van der Waals surface area contributed by atoms with E-state index in [2.05, 4.69) is 15.7 Å². The Bertz CT molecular complexity index is 863. The van der Waals surface area contributed by atoms with Gasteiger partial charge in [-0.25, -0.2) is 4.39 Å². The Morgan fingerprint density at radius 1 is 1.27 bits per heavy atom. The van der Waals surface area contributed by atoms with E-state index >= 15 is 0 Å². The summed E-state index contributed by atoms with van der Waals surface area (Å²) in [6.07, 6.45) is 4.83. The maximum Gasteiger partial charge on any atom is 0.313 e. The Morgan fingerprint density at radius 3 is 2.77 bits per heavy atom. The Labute approximate surface area is 152 Å². The van der Waals surface area contributed by atoms with E-state index in [-0.39, 0.29) is 17.3 Å². The Kier molecular flexibility index (Phi) is 5.33. The van der Waals surface area contributed by atoms with E-state index in [1.165, 1.54) is 18.4 Å². The van der Waals surface area contributed by atoms with Crippen LogP contribution in [0, 0.1) is 5.82 Å². The number of rotatable bonds is 5. The minimum absolute atomic E-state index is 0.0889. The van der Waals surface area contributed by atoms with Crippen molar-refractivity contribution in [1.82, 2.24) is 15.1 Å². The van der Waals surface area contributed by atoms with Crippen molar-refractivity contribution in [2.24, 2.45) is 0 Å². The molecule has 0 radical (unpaired) electrons. The number of nitrogens with one attached hydrogen (secondary N) is 2. The monoisotopic (exact) mass is 376 g/mol.